The molecule has 0 bridgehead atoms. The first-order valence-electron chi connectivity index (χ1n) is 14.1. The number of phenolic OH excluding ortho intramolecular Hbond substituents is 2. The highest BCUT2D eigenvalue weighted by atomic mass is 31.2. The lowest BCUT2D eigenvalue weighted by Crippen LogP contribution is -2.26. The zero-order valence-corrected chi connectivity index (χ0v) is 25.0. The molecule has 216 valence electrons. The van der Waals surface area contributed by atoms with E-state index in [1.54, 1.807) is 48.5 Å². The van der Waals surface area contributed by atoms with E-state index < -0.39 is 7.82 Å². The minimum atomic E-state index is -4.46. The van der Waals surface area contributed by atoms with Crippen LogP contribution in [0.5, 0.6) is 23.0 Å². The van der Waals surface area contributed by atoms with E-state index in [2.05, 4.69) is 27.7 Å². The number of hydrogen-bond donors (Lipinski definition) is 3. The third-order valence-corrected chi connectivity index (χ3v) is 9.39. The molecule has 7 heteroatoms. The van der Waals surface area contributed by atoms with E-state index in [-0.39, 0.29) is 33.8 Å². The SMILES string of the molecule is CCC(CC)(c1ccc(O)cc1)c1ccc(OP(=O)(O)Oc2ccc(C(CC)(CC)c3ccc(O)cc3)cc2)cc1. The molecule has 0 aliphatic rings. The van der Waals surface area contributed by atoms with Crippen molar-refractivity contribution in [2.75, 3.05) is 0 Å². The number of rotatable bonds is 12. The van der Waals surface area contributed by atoms with Gasteiger partial charge in [0.1, 0.15) is 23.0 Å². The summed E-state index contributed by atoms with van der Waals surface area (Å²) in [6, 6.07) is 28.8. The number of phosphoric ester groups is 1. The molecule has 0 saturated carbocycles. The van der Waals surface area contributed by atoms with Gasteiger partial charge in [0.2, 0.25) is 0 Å². The molecule has 0 unspecified atom stereocenters. The largest absolute Gasteiger partial charge is 0.584 e. The molecule has 4 aromatic rings. The maximum Gasteiger partial charge on any atom is 0.584 e. The minimum absolute atomic E-state index is 0.222. The average molecular weight is 575 g/mol. The molecule has 0 saturated heterocycles. The maximum atomic E-state index is 12.9. The second kappa shape index (κ2) is 12.4. The van der Waals surface area contributed by atoms with Crippen LogP contribution in [-0.2, 0) is 15.4 Å². The van der Waals surface area contributed by atoms with Gasteiger partial charge in [0.05, 0.1) is 0 Å². The fourth-order valence-corrected chi connectivity index (χ4v) is 6.80. The van der Waals surface area contributed by atoms with Gasteiger partial charge in [-0.3, -0.25) is 4.89 Å². The second-order valence-corrected chi connectivity index (χ2v) is 11.7. The van der Waals surface area contributed by atoms with Crippen LogP contribution in [0.3, 0.4) is 0 Å². The summed E-state index contributed by atoms with van der Waals surface area (Å²) in [6.07, 6.45) is 3.37. The minimum Gasteiger partial charge on any atom is -0.508 e. The zero-order chi connectivity index (χ0) is 29.7. The smallest absolute Gasteiger partial charge is 0.508 e. The van der Waals surface area contributed by atoms with E-state index in [9.17, 15) is 19.7 Å². The third-order valence-electron chi connectivity index (χ3n) is 8.51. The number of benzene rings is 4. The monoisotopic (exact) mass is 574 g/mol. The van der Waals surface area contributed by atoms with Gasteiger partial charge in [0.25, 0.3) is 0 Å². The first-order valence-corrected chi connectivity index (χ1v) is 15.6. The van der Waals surface area contributed by atoms with E-state index in [1.807, 2.05) is 48.5 Å². The van der Waals surface area contributed by atoms with Gasteiger partial charge in [-0.1, -0.05) is 76.2 Å². The highest BCUT2D eigenvalue weighted by Gasteiger charge is 2.33. The van der Waals surface area contributed by atoms with Gasteiger partial charge in [-0.2, -0.15) is 0 Å². The number of aromatic hydroxyl groups is 2. The maximum absolute atomic E-state index is 12.9. The Kier molecular flexibility index (Phi) is 9.16. The quantitative estimate of drug-likeness (QED) is 0.146. The summed E-state index contributed by atoms with van der Waals surface area (Å²) in [7, 11) is -4.46. The molecule has 0 spiro atoms. The zero-order valence-electron chi connectivity index (χ0n) is 24.1. The van der Waals surface area contributed by atoms with Crippen molar-refractivity contribution in [3.05, 3.63) is 119 Å². The Morgan fingerprint density at radius 2 is 0.756 bits per heavy atom. The predicted molar refractivity (Wildman–Crippen MR) is 163 cm³/mol. The van der Waals surface area contributed by atoms with Gasteiger partial charge in [-0.05, 0) is 96.5 Å². The lowest BCUT2D eigenvalue weighted by Gasteiger charge is -2.33. The molecule has 6 nitrogen and oxygen atoms in total. The molecule has 3 N–H and O–H groups in total. The molecule has 4 rings (SSSR count). The van der Waals surface area contributed by atoms with E-state index in [0.29, 0.717) is 0 Å². The van der Waals surface area contributed by atoms with E-state index in [4.69, 9.17) is 9.05 Å². The molecule has 4 aromatic carbocycles. The Hall–Kier alpha value is -3.73. The van der Waals surface area contributed by atoms with Crippen molar-refractivity contribution < 1.29 is 28.7 Å². The lowest BCUT2D eigenvalue weighted by molar-refractivity contribution is 0.291. The summed E-state index contributed by atoms with van der Waals surface area (Å²) in [6.45, 7) is 8.49. The molecule has 0 aliphatic carbocycles. The van der Waals surface area contributed by atoms with E-state index in [1.165, 1.54) is 0 Å². The molecule has 0 atom stereocenters. The van der Waals surface area contributed by atoms with Gasteiger partial charge < -0.3 is 19.3 Å². The van der Waals surface area contributed by atoms with Crippen molar-refractivity contribution in [2.24, 2.45) is 0 Å². The Balaban J connectivity index is 1.50. The molecule has 41 heavy (non-hydrogen) atoms. The molecule has 0 radical (unpaired) electrons. The normalized spacial score (nSPS) is 12.2. The Bertz CT molecular complexity index is 1340. The standard InChI is InChI=1S/C34H39O6P/c1-5-33(6-2,25-9-17-29(35)18-10-25)27-13-21-31(22-14-27)39-41(37,38)40-32-23-15-28(16-24-32)34(7-3,8-4)26-11-19-30(36)20-12-26/h9-24,35-36H,5-8H2,1-4H3,(H,37,38). The van der Waals surface area contributed by atoms with Crippen molar-refractivity contribution in [2.45, 2.75) is 64.2 Å². The van der Waals surface area contributed by atoms with Crippen LogP contribution in [0.15, 0.2) is 97.1 Å². The van der Waals surface area contributed by atoms with Crippen molar-refractivity contribution >= 4 is 7.82 Å². The lowest BCUT2D eigenvalue weighted by atomic mass is 9.70. The first kappa shape index (κ1) is 30.2. The van der Waals surface area contributed by atoms with Crippen molar-refractivity contribution in [1.82, 2.24) is 0 Å². The number of phenols is 2. The summed E-state index contributed by atoms with van der Waals surface area (Å²) in [4.78, 5) is 10.5. The van der Waals surface area contributed by atoms with Crippen LogP contribution in [0.4, 0.5) is 0 Å². The van der Waals surface area contributed by atoms with Crippen LogP contribution in [0.2, 0.25) is 0 Å². The average Bonchev–Trinajstić information content (AvgIpc) is 2.98. The van der Waals surface area contributed by atoms with Gasteiger partial charge in [0.15, 0.2) is 0 Å². The fourth-order valence-electron chi connectivity index (χ4n) is 5.98. The topological polar surface area (TPSA) is 96.2 Å². The first-order chi connectivity index (χ1) is 19.6. The van der Waals surface area contributed by atoms with Crippen molar-refractivity contribution in [3.8, 4) is 23.0 Å². The predicted octanol–water partition coefficient (Wildman–Crippen LogP) is 8.87. The highest BCUT2D eigenvalue weighted by molar-refractivity contribution is 7.48. The van der Waals surface area contributed by atoms with E-state index >= 15 is 0 Å². The Morgan fingerprint density at radius 3 is 1.00 bits per heavy atom. The summed E-state index contributed by atoms with van der Waals surface area (Å²) in [5, 5.41) is 19.5. The Morgan fingerprint density at radius 1 is 0.512 bits per heavy atom. The Labute approximate surface area is 242 Å². The number of hydrogen-bond acceptors (Lipinski definition) is 5. The van der Waals surface area contributed by atoms with Gasteiger partial charge >= 0.3 is 7.82 Å². The van der Waals surface area contributed by atoms with Gasteiger partial charge in [-0.25, -0.2) is 4.57 Å². The van der Waals surface area contributed by atoms with Crippen LogP contribution in [0.1, 0.15) is 75.6 Å². The van der Waals surface area contributed by atoms with Crippen LogP contribution in [-0.4, -0.2) is 15.1 Å². The summed E-state index contributed by atoms with van der Waals surface area (Å²) < 4.78 is 23.7. The summed E-state index contributed by atoms with van der Waals surface area (Å²) in [5.41, 5.74) is 3.75. The van der Waals surface area contributed by atoms with Crippen LogP contribution >= 0.6 is 7.82 Å². The van der Waals surface area contributed by atoms with Crippen LogP contribution < -0.4 is 9.05 Å². The summed E-state index contributed by atoms with van der Waals surface area (Å²) in [5.74, 6) is 0.899. The van der Waals surface area contributed by atoms with Crippen molar-refractivity contribution in [3.63, 3.8) is 0 Å². The molecule has 0 aromatic heterocycles. The molecular formula is C34H39O6P. The second-order valence-electron chi connectivity index (χ2n) is 10.4. The van der Waals surface area contributed by atoms with Crippen LogP contribution in [0.25, 0.3) is 0 Å². The van der Waals surface area contributed by atoms with E-state index in [0.717, 1.165) is 47.9 Å². The fraction of sp³-hybridized carbons (Fsp3) is 0.294. The molecule has 0 fully saturated rings. The van der Waals surface area contributed by atoms with Crippen LogP contribution in [0, 0.1) is 0 Å². The summed E-state index contributed by atoms with van der Waals surface area (Å²) >= 11 is 0. The molecular weight excluding hydrogens is 535 g/mol. The van der Waals surface area contributed by atoms with Gasteiger partial charge in [-0.15, -0.1) is 0 Å². The molecule has 0 aliphatic heterocycles. The van der Waals surface area contributed by atoms with Gasteiger partial charge in [0, 0.05) is 10.8 Å². The third kappa shape index (κ3) is 6.29. The number of phosphoric acid groups is 1. The molecule has 0 amide bonds. The molecule has 0 heterocycles. The highest BCUT2D eigenvalue weighted by Crippen LogP contribution is 2.47. The van der Waals surface area contributed by atoms with Crippen molar-refractivity contribution in [1.29, 1.82) is 0 Å².